The average Bonchev–Trinajstić information content (AvgIpc) is 2.43. The number of hydrogen-bond donors (Lipinski definition) is 1. The maximum absolute atomic E-state index is 5.96. The molecule has 0 aromatic heterocycles. The minimum atomic E-state index is 0.253. The Bertz CT molecular complexity index is 566. The monoisotopic (exact) mass is 351 g/mol. The number of aryl methyl sites for hydroxylation is 1. The minimum Gasteiger partial charge on any atom is -0.378 e. The Labute approximate surface area is 134 Å². The van der Waals surface area contributed by atoms with Crippen LogP contribution in [0.15, 0.2) is 46.9 Å². The third-order valence-corrected chi connectivity index (χ3v) is 4.21. The van der Waals surface area contributed by atoms with Gasteiger partial charge in [0, 0.05) is 21.2 Å². The van der Waals surface area contributed by atoms with Crippen molar-refractivity contribution in [2.24, 2.45) is 0 Å². The molecule has 0 aliphatic rings. The zero-order chi connectivity index (χ0) is 14.5. The second kappa shape index (κ2) is 7.14. The smallest absolute Gasteiger partial charge is 0.0490 e. The summed E-state index contributed by atoms with van der Waals surface area (Å²) in [6.45, 7) is 4.37. The van der Waals surface area contributed by atoms with E-state index in [9.17, 15) is 0 Å². The van der Waals surface area contributed by atoms with E-state index in [0.717, 1.165) is 21.6 Å². The molecule has 0 spiro atoms. The first-order valence-corrected chi connectivity index (χ1v) is 8.07. The van der Waals surface area contributed by atoms with Crippen molar-refractivity contribution >= 4 is 33.2 Å². The van der Waals surface area contributed by atoms with E-state index < -0.39 is 0 Å². The van der Waals surface area contributed by atoms with Gasteiger partial charge in [0.05, 0.1) is 0 Å². The van der Waals surface area contributed by atoms with E-state index >= 15 is 0 Å². The summed E-state index contributed by atoms with van der Waals surface area (Å²) in [6, 6.07) is 14.9. The molecule has 0 heterocycles. The molecule has 1 unspecified atom stereocenters. The van der Waals surface area contributed by atoms with Crippen molar-refractivity contribution in [1.82, 2.24) is 0 Å². The van der Waals surface area contributed by atoms with Crippen molar-refractivity contribution in [1.29, 1.82) is 0 Å². The highest BCUT2D eigenvalue weighted by molar-refractivity contribution is 9.10. The van der Waals surface area contributed by atoms with E-state index in [2.05, 4.69) is 59.4 Å². The van der Waals surface area contributed by atoms with E-state index in [1.165, 1.54) is 17.5 Å². The zero-order valence-corrected chi connectivity index (χ0v) is 14.1. The average molecular weight is 353 g/mol. The van der Waals surface area contributed by atoms with E-state index in [4.69, 9.17) is 11.6 Å². The number of rotatable bonds is 5. The first-order valence-electron chi connectivity index (χ1n) is 6.90. The molecule has 2 aromatic carbocycles. The fraction of sp³-hybridized carbons (Fsp3) is 0.294. The molecule has 1 N–H and O–H groups in total. The van der Waals surface area contributed by atoms with Crippen molar-refractivity contribution in [3.8, 4) is 0 Å². The lowest BCUT2D eigenvalue weighted by molar-refractivity contribution is 0.875. The molecule has 0 amide bonds. The molecular formula is C17H19BrClN. The van der Waals surface area contributed by atoms with Gasteiger partial charge in [0.2, 0.25) is 0 Å². The molecule has 20 heavy (non-hydrogen) atoms. The van der Waals surface area contributed by atoms with Crippen LogP contribution in [0.3, 0.4) is 0 Å². The quantitative estimate of drug-likeness (QED) is 0.672. The Morgan fingerprint density at radius 2 is 1.85 bits per heavy atom. The van der Waals surface area contributed by atoms with E-state index in [0.29, 0.717) is 0 Å². The molecule has 0 radical (unpaired) electrons. The van der Waals surface area contributed by atoms with E-state index in [1.807, 2.05) is 18.2 Å². The van der Waals surface area contributed by atoms with Crippen LogP contribution in [0, 0.1) is 0 Å². The fourth-order valence-electron chi connectivity index (χ4n) is 2.18. The van der Waals surface area contributed by atoms with Gasteiger partial charge in [-0.1, -0.05) is 49.2 Å². The Balaban J connectivity index is 2.09. The van der Waals surface area contributed by atoms with Gasteiger partial charge in [0.1, 0.15) is 0 Å². The lowest BCUT2D eigenvalue weighted by Crippen LogP contribution is -2.07. The summed E-state index contributed by atoms with van der Waals surface area (Å²) in [5, 5.41) is 4.23. The van der Waals surface area contributed by atoms with Crippen LogP contribution in [0.25, 0.3) is 0 Å². The standard InChI is InChI=1S/C17H19BrClN/c1-3-4-13-5-7-14(8-6-13)12(2)20-17-10-9-15(19)11-16(17)18/h5-12,20H,3-4H2,1-2H3. The van der Waals surface area contributed by atoms with Crippen LogP contribution in [0.2, 0.25) is 5.02 Å². The zero-order valence-electron chi connectivity index (χ0n) is 11.8. The van der Waals surface area contributed by atoms with Gasteiger partial charge in [0.15, 0.2) is 0 Å². The molecule has 0 fully saturated rings. The summed E-state index contributed by atoms with van der Waals surface area (Å²) >= 11 is 9.49. The second-order valence-corrected chi connectivity index (χ2v) is 6.27. The molecule has 0 bridgehead atoms. The molecule has 2 aromatic rings. The van der Waals surface area contributed by atoms with Crippen molar-refractivity contribution in [2.45, 2.75) is 32.7 Å². The molecular weight excluding hydrogens is 334 g/mol. The van der Waals surface area contributed by atoms with Crippen LogP contribution in [-0.2, 0) is 6.42 Å². The Morgan fingerprint density at radius 1 is 1.15 bits per heavy atom. The van der Waals surface area contributed by atoms with Gasteiger partial charge in [-0.25, -0.2) is 0 Å². The van der Waals surface area contributed by atoms with Gasteiger partial charge in [-0.15, -0.1) is 0 Å². The number of anilines is 1. The highest BCUT2D eigenvalue weighted by atomic mass is 79.9. The van der Waals surface area contributed by atoms with Gasteiger partial charge in [-0.05, 0) is 58.6 Å². The molecule has 2 rings (SSSR count). The van der Waals surface area contributed by atoms with E-state index in [-0.39, 0.29) is 6.04 Å². The minimum absolute atomic E-state index is 0.253. The predicted molar refractivity (Wildman–Crippen MR) is 91.6 cm³/mol. The summed E-state index contributed by atoms with van der Waals surface area (Å²) < 4.78 is 0.986. The van der Waals surface area contributed by atoms with Crippen molar-refractivity contribution < 1.29 is 0 Å². The number of hydrogen-bond acceptors (Lipinski definition) is 1. The van der Waals surface area contributed by atoms with Crippen molar-refractivity contribution in [3.63, 3.8) is 0 Å². The molecule has 0 saturated carbocycles. The Hall–Kier alpha value is -0.990. The van der Waals surface area contributed by atoms with Crippen LogP contribution < -0.4 is 5.32 Å². The van der Waals surface area contributed by atoms with Crippen LogP contribution in [0.4, 0.5) is 5.69 Å². The molecule has 106 valence electrons. The van der Waals surface area contributed by atoms with Crippen LogP contribution in [-0.4, -0.2) is 0 Å². The predicted octanol–water partition coefficient (Wildman–Crippen LogP) is 6.23. The van der Waals surface area contributed by atoms with Crippen LogP contribution >= 0.6 is 27.5 Å². The Kier molecular flexibility index (Phi) is 5.50. The van der Waals surface area contributed by atoms with Crippen molar-refractivity contribution in [2.75, 3.05) is 5.32 Å². The molecule has 1 atom stereocenters. The maximum Gasteiger partial charge on any atom is 0.0490 e. The lowest BCUT2D eigenvalue weighted by atomic mass is 10.0. The first kappa shape index (κ1) is 15.4. The topological polar surface area (TPSA) is 12.0 Å². The molecule has 3 heteroatoms. The fourth-order valence-corrected chi connectivity index (χ4v) is 2.98. The maximum atomic E-state index is 5.96. The van der Waals surface area contributed by atoms with Gasteiger partial charge < -0.3 is 5.32 Å². The summed E-state index contributed by atoms with van der Waals surface area (Å²) in [7, 11) is 0. The van der Waals surface area contributed by atoms with Crippen LogP contribution in [0.5, 0.6) is 0 Å². The third-order valence-electron chi connectivity index (χ3n) is 3.32. The summed E-state index contributed by atoms with van der Waals surface area (Å²) in [5.41, 5.74) is 3.74. The van der Waals surface area contributed by atoms with Gasteiger partial charge in [-0.2, -0.15) is 0 Å². The largest absolute Gasteiger partial charge is 0.378 e. The molecule has 0 saturated heterocycles. The molecule has 0 aliphatic heterocycles. The highest BCUT2D eigenvalue weighted by Crippen LogP contribution is 2.29. The lowest BCUT2D eigenvalue weighted by Gasteiger charge is -2.17. The summed E-state index contributed by atoms with van der Waals surface area (Å²) in [4.78, 5) is 0. The third kappa shape index (κ3) is 4.00. The van der Waals surface area contributed by atoms with Gasteiger partial charge in [-0.3, -0.25) is 0 Å². The molecule has 0 aliphatic carbocycles. The normalized spacial score (nSPS) is 12.2. The Morgan fingerprint density at radius 3 is 2.45 bits per heavy atom. The SMILES string of the molecule is CCCc1ccc(C(C)Nc2ccc(Cl)cc2Br)cc1. The number of nitrogens with one attached hydrogen (secondary N) is 1. The van der Waals surface area contributed by atoms with E-state index in [1.54, 1.807) is 0 Å². The van der Waals surface area contributed by atoms with Crippen molar-refractivity contribution in [3.05, 3.63) is 63.1 Å². The second-order valence-electron chi connectivity index (χ2n) is 4.98. The number of benzene rings is 2. The van der Waals surface area contributed by atoms with Crippen LogP contribution in [0.1, 0.15) is 37.4 Å². The summed E-state index contributed by atoms with van der Waals surface area (Å²) in [6.07, 6.45) is 2.33. The highest BCUT2D eigenvalue weighted by Gasteiger charge is 2.08. The number of halogens is 2. The first-order chi connectivity index (χ1) is 9.60. The molecule has 1 nitrogen and oxygen atoms in total. The van der Waals surface area contributed by atoms with Gasteiger partial charge in [0.25, 0.3) is 0 Å². The van der Waals surface area contributed by atoms with Gasteiger partial charge >= 0.3 is 0 Å². The summed E-state index contributed by atoms with van der Waals surface area (Å²) in [5.74, 6) is 0.